The van der Waals surface area contributed by atoms with Crippen molar-refractivity contribution in [3.05, 3.63) is 93.7 Å². The first-order valence-electron chi connectivity index (χ1n) is 9.79. The van der Waals surface area contributed by atoms with Gasteiger partial charge >= 0.3 is 0 Å². The Hall–Kier alpha value is -3.52. The lowest BCUT2D eigenvalue weighted by Gasteiger charge is -2.45. The molecular weight excluding hydrogens is 392 g/mol. The SMILES string of the molecule is N#CC1=C(N)C(C#N)(C#N)[C@H](c2ccc(Cl)cc2)[C@@H]2C[C@H](c3ccccc3)CC=C12. The maximum atomic E-state index is 10.1. The van der Waals surface area contributed by atoms with Gasteiger partial charge in [0.25, 0.3) is 0 Å². The van der Waals surface area contributed by atoms with Gasteiger partial charge in [-0.3, -0.25) is 0 Å². The molecule has 146 valence electrons. The molecule has 0 saturated carbocycles. The molecular formula is C25H19ClN4. The summed E-state index contributed by atoms with van der Waals surface area (Å²) < 4.78 is 0. The van der Waals surface area contributed by atoms with Gasteiger partial charge in [0.05, 0.1) is 23.4 Å². The van der Waals surface area contributed by atoms with Crippen molar-refractivity contribution in [3.63, 3.8) is 0 Å². The number of nitrogens with two attached hydrogens (primary N) is 1. The van der Waals surface area contributed by atoms with Crippen LogP contribution in [0.2, 0.25) is 5.02 Å². The molecule has 2 aromatic carbocycles. The van der Waals surface area contributed by atoms with Crippen LogP contribution in [0.15, 0.2) is 77.5 Å². The molecule has 0 spiro atoms. The Morgan fingerprint density at radius 2 is 1.60 bits per heavy atom. The minimum absolute atomic E-state index is 0.0515. The third-order valence-electron chi connectivity index (χ3n) is 6.38. The monoisotopic (exact) mass is 410 g/mol. The van der Waals surface area contributed by atoms with Crippen LogP contribution in [0, 0.1) is 45.3 Å². The fraction of sp³-hybridized carbons (Fsp3) is 0.240. The first-order chi connectivity index (χ1) is 14.6. The van der Waals surface area contributed by atoms with Crippen molar-refractivity contribution in [2.24, 2.45) is 17.1 Å². The van der Waals surface area contributed by atoms with E-state index in [0.29, 0.717) is 5.02 Å². The minimum atomic E-state index is -1.61. The molecule has 0 radical (unpaired) electrons. The molecule has 0 fully saturated rings. The fourth-order valence-electron chi connectivity index (χ4n) is 4.93. The Labute approximate surface area is 181 Å². The van der Waals surface area contributed by atoms with Gasteiger partial charge in [-0.1, -0.05) is 60.1 Å². The first-order valence-corrected chi connectivity index (χ1v) is 10.2. The van der Waals surface area contributed by atoms with Gasteiger partial charge in [0.1, 0.15) is 6.07 Å². The van der Waals surface area contributed by atoms with Crippen LogP contribution in [0.25, 0.3) is 0 Å². The molecule has 3 atom stereocenters. The predicted octanol–water partition coefficient (Wildman–Crippen LogP) is 5.33. The number of rotatable bonds is 2. The van der Waals surface area contributed by atoms with Crippen molar-refractivity contribution >= 4 is 11.6 Å². The molecule has 30 heavy (non-hydrogen) atoms. The summed E-state index contributed by atoms with van der Waals surface area (Å²) in [6, 6.07) is 24.0. The van der Waals surface area contributed by atoms with E-state index in [0.717, 1.165) is 24.0 Å². The number of nitrogens with zero attached hydrogens (tertiary/aromatic N) is 3. The van der Waals surface area contributed by atoms with Gasteiger partial charge in [-0.2, -0.15) is 15.8 Å². The minimum Gasteiger partial charge on any atom is -0.399 e. The van der Waals surface area contributed by atoms with Crippen molar-refractivity contribution in [1.82, 2.24) is 0 Å². The number of nitriles is 3. The highest BCUT2D eigenvalue weighted by Crippen LogP contribution is 2.57. The van der Waals surface area contributed by atoms with E-state index in [4.69, 9.17) is 17.3 Å². The number of hydrogen-bond acceptors (Lipinski definition) is 4. The summed E-state index contributed by atoms with van der Waals surface area (Å²) in [5, 5.41) is 30.7. The second-order valence-corrected chi connectivity index (χ2v) is 8.24. The highest BCUT2D eigenvalue weighted by atomic mass is 35.5. The van der Waals surface area contributed by atoms with Crippen molar-refractivity contribution < 1.29 is 0 Å². The van der Waals surface area contributed by atoms with E-state index in [1.54, 1.807) is 12.1 Å². The summed E-state index contributed by atoms with van der Waals surface area (Å²) in [7, 11) is 0. The van der Waals surface area contributed by atoms with Crippen molar-refractivity contribution in [1.29, 1.82) is 15.8 Å². The van der Waals surface area contributed by atoms with Crippen molar-refractivity contribution in [3.8, 4) is 18.2 Å². The Morgan fingerprint density at radius 3 is 2.20 bits per heavy atom. The summed E-state index contributed by atoms with van der Waals surface area (Å²) in [5.74, 6) is -0.421. The van der Waals surface area contributed by atoms with Crippen LogP contribution in [-0.2, 0) is 0 Å². The molecule has 5 heteroatoms. The average molecular weight is 411 g/mol. The maximum absolute atomic E-state index is 10.1. The number of hydrogen-bond donors (Lipinski definition) is 1. The standard InChI is InChI=1S/C25H19ClN4/c26-19-9-6-17(7-10-19)23-21-12-18(16-4-2-1-3-5-16)8-11-20(21)22(13-27)24(30)25(23,14-28)15-29/h1-7,9-11,18,21,23H,8,12,30H2/t18-,21-,23-/m1/s1. The first kappa shape index (κ1) is 19.8. The molecule has 2 N–H and O–H groups in total. The van der Waals surface area contributed by atoms with Crippen molar-refractivity contribution in [2.75, 3.05) is 0 Å². The molecule has 0 bridgehead atoms. The summed E-state index contributed by atoms with van der Waals surface area (Å²) in [5.41, 5.74) is 7.95. The van der Waals surface area contributed by atoms with Crippen molar-refractivity contribution in [2.45, 2.75) is 24.7 Å². The third-order valence-corrected chi connectivity index (χ3v) is 6.63. The topological polar surface area (TPSA) is 97.4 Å². The zero-order chi connectivity index (χ0) is 21.3. The summed E-state index contributed by atoms with van der Waals surface area (Å²) in [4.78, 5) is 0. The number of allylic oxidation sites excluding steroid dienone is 4. The highest BCUT2D eigenvalue weighted by molar-refractivity contribution is 6.30. The molecule has 0 heterocycles. The van der Waals surface area contributed by atoms with Gasteiger partial charge < -0.3 is 5.73 Å². The molecule has 0 aliphatic heterocycles. The van der Waals surface area contributed by atoms with E-state index >= 15 is 0 Å². The van der Waals surface area contributed by atoms with E-state index in [9.17, 15) is 15.8 Å². The molecule has 4 nitrogen and oxygen atoms in total. The van der Waals surface area contributed by atoms with Gasteiger partial charge in [0.2, 0.25) is 0 Å². The van der Waals surface area contributed by atoms with Crippen LogP contribution in [0.1, 0.15) is 35.8 Å². The quantitative estimate of drug-likeness (QED) is 0.723. The predicted molar refractivity (Wildman–Crippen MR) is 115 cm³/mol. The van der Waals surface area contributed by atoms with Gasteiger partial charge in [-0.25, -0.2) is 0 Å². The van der Waals surface area contributed by atoms with Gasteiger partial charge in [0.15, 0.2) is 5.41 Å². The lowest BCUT2D eigenvalue weighted by molar-refractivity contribution is 0.303. The van der Waals surface area contributed by atoms with E-state index in [1.807, 2.05) is 30.3 Å². The average Bonchev–Trinajstić information content (AvgIpc) is 2.79. The molecule has 0 saturated heterocycles. The zero-order valence-corrected chi connectivity index (χ0v) is 17.0. The summed E-state index contributed by atoms with van der Waals surface area (Å²) >= 11 is 6.09. The van der Waals surface area contributed by atoms with E-state index in [-0.39, 0.29) is 23.1 Å². The van der Waals surface area contributed by atoms with Crippen LogP contribution < -0.4 is 5.73 Å². The number of benzene rings is 2. The Bertz CT molecular complexity index is 1140. The zero-order valence-electron chi connectivity index (χ0n) is 16.2. The Morgan fingerprint density at radius 1 is 0.933 bits per heavy atom. The lowest BCUT2D eigenvalue weighted by atomic mass is 9.55. The summed E-state index contributed by atoms with van der Waals surface area (Å²) in [6.45, 7) is 0. The van der Waals surface area contributed by atoms with E-state index in [2.05, 4.69) is 36.4 Å². The van der Waals surface area contributed by atoms with Crippen LogP contribution in [-0.4, -0.2) is 0 Å². The number of halogens is 1. The highest BCUT2D eigenvalue weighted by Gasteiger charge is 2.54. The van der Waals surface area contributed by atoms with E-state index < -0.39 is 11.3 Å². The molecule has 0 amide bonds. The van der Waals surface area contributed by atoms with Gasteiger partial charge in [-0.15, -0.1) is 0 Å². The number of fused-ring (bicyclic) bond motifs is 1. The Balaban J connectivity index is 1.93. The molecule has 2 aliphatic carbocycles. The normalized spacial score (nSPS) is 24.6. The Kier molecular flexibility index (Phi) is 5.09. The van der Waals surface area contributed by atoms with Crippen LogP contribution >= 0.6 is 11.6 Å². The molecule has 0 aromatic heterocycles. The van der Waals surface area contributed by atoms with Gasteiger partial charge in [-0.05, 0) is 53.5 Å². The fourth-order valence-corrected chi connectivity index (χ4v) is 5.06. The smallest absolute Gasteiger partial charge is 0.191 e. The lowest BCUT2D eigenvalue weighted by Crippen LogP contribution is -2.43. The van der Waals surface area contributed by atoms with E-state index in [1.165, 1.54) is 5.56 Å². The third kappa shape index (κ3) is 2.96. The largest absolute Gasteiger partial charge is 0.399 e. The van der Waals surface area contributed by atoms with Crippen LogP contribution in [0.5, 0.6) is 0 Å². The molecule has 4 rings (SSSR count). The maximum Gasteiger partial charge on any atom is 0.191 e. The molecule has 2 aromatic rings. The second-order valence-electron chi connectivity index (χ2n) is 7.81. The van der Waals surface area contributed by atoms with Crippen LogP contribution in [0.3, 0.4) is 0 Å². The van der Waals surface area contributed by atoms with Gasteiger partial charge in [0, 0.05) is 10.9 Å². The molecule has 0 unspecified atom stereocenters. The second kappa shape index (κ2) is 7.72. The summed E-state index contributed by atoms with van der Waals surface area (Å²) in [6.07, 6.45) is 3.58. The molecule has 2 aliphatic rings. The van der Waals surface area contributed by atoms with Crippen LogP contribution in [0.4, 0.5) is 0 Å².